The molecule has 106 valence electrons. The van der Waals surface area contributed by atoms with Crippen LogP contribution in [0.5, 0.6) is 5.75 Å². The summed E-state index contributed by atoms with van der Waals surface area (Å²) >= 11 is 0. The molecule has 0 aliphatic heterocycles. The van der Waals surface area contributed by atoms with Crippen LogP contribution in [0.2, 0.25) is 0 Å². The van der Waals surface area contributed by atoms with Gasteiger partial charge in [-0.3, -0.25) is 4.79 Å². The maximum atomic E-state index is 11.8. The predicted octanol–water partition coefficient (Wildman–Crippen LogP) is 2.20. The van der Waals surface area contributed by atoms with Crippen LogP contribution in [-0.2, 0) is 0 Å². The third-order valence-corrected chi connectivity index (χ3v) is 2.87. The number of hydrogen-bond acceptors (Lipinski definition) is 3. The van der Waals surface area contributed by atoms with Crippen molar-refractivity contribution in [2.75, 3.05) is 19.6 Å². The number of carbonyl (C=O) groups is 1. The van der Waals surface area contributed by atoms with Crippen molar-refractivity contribution in [1.82, 2.24) is 10.6 Å². The van der Waals surface area contributed by atoms with Gasteiger partial charge < -0.3 is 15.4 Å². The van der Waals surface area contributed by atoms with Crippen LogP contribution < -0.4 is 15.4 Å². The second-order valence-corrected chi connectivity index (χ2v) is 4.47. The first-order chi connectivity index (χ1) is 9.17. The van der Waals surface area contributed by atoms with Crippen molar-refractivity contribution in [3.63, 3.8) is 0 Å². The average molecular weight is 264 g/mol. The van der Waals surface area contributed by atoms with Crippen molar-refractivity contribution >= 4 is 5.91 Å². The largest absolute Gasteiger partial charge is 0.491 e. The zero-order valence-electron chi connectivity index (χ0n) is 12.0. The van der Waals surface area contributed by atoms with Crippen LogP contribution in [-0.4, -0.2) is 31.6 Å². The van der Waals surface area contributed by atoms with Crippen LogP contribution in [0.3, 0.4) is 0 Å². The third kappa shape index (κ3) is 5.75. The number of amides is 1. The summed E-state index contributed by atoms with van der Waals surface area (Å²) in [4.78, 5) is 11.8. The number of ether oxygens (including phenoxy) is 1. The van der Waals surface area contributed by atoms with Gasteiger partial charge in [-0.25, -0.2) is 0 Å². The highest BCUT2D eigenvalue weighted by atomic mass is 16.5. The van der Waals surface area contributed by atoms with Gasteiger partial charge in [0, 0.05) is 18.7 Å². The molecule has 0 heterocycles. The second-order valence-electron chi connectivity index (χ2n) is 4.47. The molecule has 0 saturated carbocycles. The van der Waals surface area contributed by atoms with E-state index in [1.807, 2.05) is 26.0 Å². The Hall–Kier alpha value is -1.55. The highest BCUT2D eigenvalue weighted by molar-refractivity contribution is 5.94. The van der Waals surface area contributed by atoms with Crippen LogP contribution >= 0.6 is 0 Å². The molecule has 1 aromatic rings. The minimum atomic E-state index is -0.0482. The van der Waals surface area contributed by atoms with Gasteiger partial charge in [0.05, 0.1) is 6.10 Å². The monoisotopic (exact) mass is 264 g/mol. The molecule has 2 N–H and O–H groups in total. The molecular weight excluding hydrogens is 240 g/mol. The molecule has 1 unspecified atom stereocenters. The Balaban J connectivity index is 2.44. The number of benzene rings is 1. The molecular formula is C15H24N2O2. The van der Waals surface area contributed by atoms with Gasteiger partial charge in [-0.15, -0.1) is 0 Å². The SMILES string of the molecule is CCNCCNC(=O)c1ccc(OC(C)CC)cc1. The molecule has 4 nitrogen and oxygen atoms in total. The number of rotatable bonds is 8. The third-order valence-electron chi connectivity index (χ3n) is 2.87. The van der Waals surface area contributed by atoms with E-state index in [-0.39, 0.29) is 12.0 Å². The smallest absolute Gasteiger partial charge is 0.251 e. The molecule has 0 aliphatic rings. The molecule has 0 saturated heterocycles. The summed E-state index contributed by atoms with van der Waals surface area (Å²) in [6, 6.07) is 7.26. The lowest BCUT2D eigenvalue weighted by Gasteiger charge is -2.12. The van der Waals surface area contributed by atoms with E-state index in [2.05, 4.69) is 17.6 Å². The van der Waals surface area contributed by atoms with E-state index in [9.17, 15) is 4.79 Å². The van der Waals surface area contributed by atoms with Crippen LogP contribution in [0.15, 0.2) is 24.3 Å². The van der Waals surface area contributed by atoms with E-state index in [1.165, 1.54) is 0 Å². The topological polar surface area (TPSA) is 50.4 Å². The van der Waals surface area contributed by atoms with Crippen molar-refractivity contribution in [2.45, 2.75) is 33.3 Å². The van der Waals surface area contributed by atoms with Crippen LogP contribution in [0, 0.1) is 0 Å². The summed E-state index contributed by atoms with van der Waals surface area (Å²) in [5.74, 6) is 0.756. The molecule has 0 radical (unpaired) electrons. The standard InChI is InChI=1S/C15H24N2O2/c1-4-12(3)19-14-8-6-13(7-9-14)15(18)17-11-10-16-5-2/h6-9,12,16H,4-5,10-11H2,1-3H3,(H,17,18). The van der Waals surface area contributed by atoms with Crippen molar-refractivity contribution in [1.29, 1.82) is 0 Å². The van der Waals surface area contributed by atoms with Crippen molar-refractivity contribution < 1.29 is 9.53 Å². The first kappa shape index (κ1) is 15.5. The average Bonchev–Trinajstić information content (AvgIpc) is 2.44. The Morgan fingerprint density at radius 3 is 2.47 bits per heavy atom. The highest BCUT2D eigenvalue weighted by Gasteiger charge is 2.06. The summed E-state index contributed by atoms with van der Waals surface area (Å²) in [5.41, 5.74) is 0.660. The minimum absolute atomic E-state index is 0.0482. The molecule has 1 aromatic carbocycles. The van der Waals surface area contributed by atoms with Crippen LogP contribution in [0.25, 0.3) is 0 Å². The van der Waals surface area contributed by atoms with E-state index in [0.29, 0.717) is 12.1 Å². The summed E-state index contributed by atoms with van der Waals surface area (Å²) < 4.78 is 5.67. The zero-order valence-corrected chi connectivity index (χ0v) is 12.0. The van der Waals surface area contributed by atoms with Crippen molar-refractivity contribution in [3.05, 3.63) is 29.8 Å². The molecule has 0 spiro atoms. The number of likely N-dealkylation sites (N-methyl/N-ethyl adjacent to an activating group) is 1. The van der Waals surface area contributed by atoms with E-state index in [0.717, 1.165) is 25.3 Å². The first-order valence-corrected chi connectivity index (χ1v) is 6.93. The van der Waals surface area contributed by atoms with Gasteiger partial charge in [0.25, 0.3) is 5.91 Å². The van der Waals surface area contributed by atoms with Gasteiger partial charge >= 0.3 is 0 Å². The minimum Gasteiger partial charge on any atom is -0.491 e. The zero-order chi connectivity index (χ0) is 14.1. The maximum absolute atomic E-state index is 11.8. The molecule has 0 aromatic heterocycles. The van der Waals surface area contributed by atoms with Gasteiger partial charge in [0.15, 0.2) is 0 Å². The molecule has 4 heteroatoms. The summed E-state index contributed by atoms with van der Waals surface area (Å²) in [7, 11) is 0. The van der Waals surface area contributed by atoms with Crippen molar-refractivity contribution in [2.24, 2.45) is 0 Å². The van der Waals surface area contributed by atoms with Gasteiger partial charge in [-0.05, 0) is 44.2 Å². The quantitative estimate of drug-likeness (QED) is 0.708. The summed E-state index contributed by atoms with van der Waals surface area (Å²) in [6.45, 7) is 8.49. The Bertz CT molecular complexity index is 376. The lowest BCUT2D eigenvalue weighted by molar-refractivity contribution is 0.0954. The predicted molar refractivity (Wildman–Crippen MR) is 77.7 cm³/mol. The van der Waals surface area contributed by atoms with E-state index < -0.39 is 0 Å². The number of hydrogen-bond donors (Lipinski definition) is 2. The molecule has 19 heavy (non-hydrogen) atoms. The highest BCUT2D eigenvalue weighted by Crippen LogP contribution is 2.14. The fraction of sp³-hybridized carbons (Fsp3) is 0.533. The second kappa shape index (κ2) is 8.53. The molecule has 0 fully saturated rings. The van der Waals surface area contributed by atoms with Crippen LogP contribution in [0.4, 0.5) is 0 Å². The van der Waals surface area contributed by atoms with Crippen LogP contribution in [0.1, 0.15) is 37.6 Å². The summed E-state index contributed by atoms with van der Waals surface area (Å²) in [5, 5.41) is 6.02. The van der Waals surface area contributed by atoms with Crippen molar-refractivity contribution in [3.8, 4) is 5.75 Å². The number of nitrogens with one attached hydrogen (secondary N) is 2. The lowest BCUT2D eigenvalue weighted by Crippen LogP contribution is -2.31. The van der Waals surface area contributed by atoms with Gasteiger partial charge in [0.2, 0.25) is 0 Å². The Labute approximate surface area is 115 Å². The molecule has 1 rings (SSSR count). The van der Waals surface area contributed by atoms with Gasteiger partial charge in [0.1, 0.15) is 5.75 Å². The number of carbonyl (C=O) groups excluding carboxylic acids is 1. The van der Waals surface area contributed by atoms with E-state index in [1.54, 1.807) is 12.1 Å². The lowest BCUT2D eigenvalue weighted by atomic mass is 10.2. The first-order valence-electron chi connectivity index (χ1n) is 6.93. The Kier molecular flexibility index (Phi) is 6.97. The molecule has 0 aliphatic carbocycles. The normalized spacial score (nSPS) is 11.9. The molecule has 0 bridgehead atoms. The molecule has 1 amide bonds. The Morgan fingerprint density at radius 1 is 1.21 bits per heavy atom. The van der Waals surface area contributed by atoms with E-state index in [4.69, 9.17) is 4.74 Å². The van der Waals surface area contributed by atoms with E-state index >= 15 is 0 Å². The van der Waals surface area contributed by atoms with Gasteiger partial charge in [-0.2, -0.15) is 0 Å². The molecule has 1 atom stereocenters. The fourth-order valence-electron chi connectivity index (χ4n) is 1.54. The van der Waals surface area contributed by atoms with Gasteiger partial charge in [-0.1, -0.05) is 13.8 Å². The maximum Gasteiger partial charge on any atom is 0.251 e. The summed E-state index contributed by atoms with van der Waals surface area (Å²) in [6.07, 6.45) is 1.16. The fourth-order valence-corrected chi connectivity index (χ4v) is 1.54. The Morgan fingerprint density at radius 2 is 1.89 bits per heavy atom.